The SMILES string of the molecule is O=S(=O)(c1ccccc1NCC1CC2C=CC1C2)C(F)F. The number of fused-ring (bicyclic) bond motifs is 2. The fourth-order valence-corrected chi connectivity index (χ4v) is 4.23. The number of anilines is 1. The number of allylic oxidation sites excluding steroid dienone is 2. The van der Waals surface area contributed by atoms with Crippen molar-refractivity contribution in [3.8, 4) is 0 Å². The van der Waals surface area contributed by atoms with Crippen LogP contribution in [0.2, 0.25) is 0 Å². The zero-order valence-electron chi connectivity index (χ0n) is 11.4. The Morgan fingerprint density at radius 1 is 1.19 bits per heavy atom. The molecule has 6 heteroatoms. The van der Waals surface area contributed by atoms with Crippen molar-refractivity contribution in [2.75, 3.05) is 11.9 Å². The molecule has 3 atom stereocenters. The van der Waals surface area contributed by atoms with Gasteiger partial charge in [0.1, 0.15) is 0 Å². The molecule has 2 aliphatic rings. The summed E-state index contributed by atoms with van der Waals surface area (Å²) in [4.78, 5) is -0.321. The molecule has 1 N–H and O–H groups in total. The van der Waals surface area contributed by atoms with Crippen LogP contribution in [0.1, 0.15) is 12.8 Å². The zero-order chi connectivity index (χ0) is 15.0. The van der Waals surface area contributed by atoms with Gasteiger partial charge in [-0.05, 0) is 42.7 Å². The number of alkyl halides is 2. The van der Waals surface area contributed by atoms with E-state index in [0.29, 0.717) is 24.3 Å². The molecule has 0 spiro atoms. The number of para-hydroxylation sites is 1. The smallest absolute Gasteiger partial charge is 0.341 e. The predicted octanol–water partition coefficient (Wildman–Crippen LogP) is 3.31. The number of nitrogens with one attached hydrogen (secondary N) is 1. The van der Waals surface area contributed by atoms with E-state index < -0.39 is 15.6 Å². The van der Waals surface area contributed by atoms with E-state index in [0.717, 1.165) is 12.8 Å². The van der Waals surface area contributed by atoms with Crippen molar-refractivity contribution in [1.82, 2.24) is 0 Å². The van der Waals surface area contributed by atoms with E-state index in [9.17, 15) is 17.2 Å². The summed E-state index contributed by atoms with van der Waals surface area (Å²) < 4.78 is 48.8. The summed E-state index contributed by atoms with van der Waals surface area (Å²) in [6.07, 6.45) is 6.68. The molecular weight excluding hydrogens is 296 g/mol. The van der Waals surface area contributed by atoms with Crippen LogP contribution in [0.25, 0.3) is 0 Å². The first-order valence-corrected chi connectivity index (χ1v) is 8.56. The second kappa shape index (κ2) is 5.40. The Balaban J connectivity index is 1.76. The molecule has 1 saturated carbocycles. The predicted molar refractivity (Wildman–Crippen MR) is 77.0 cm³/mol. The number of sulfone groups is 1. The highest BCUT2D eigenvalue weighted by Gasteiger charge is 2.35. The minimum Gasteiger partial charge on any atom is -0.384 e. The molecule has 1 fully saturated rings. The van der Waals surface area contributed by atoms with Gasteiger partial charge in [-0.2, -0.15) is 8.78 Å². The Morgan fingerprint density at radius 3 is 2.57 bits per heavy atom. The Hall–Kier alpha value is -1.43. The monoisotopic (exact) mass is 313 g/mol. The van der Waals surface area contributed by atoms with Gasteiger partial charge in [-0.3, -0.25) is 0 Å². The van der Waals surface area contributed by atoms with Gasteiger partial charge in [0.2, 0.25) is 9.84 Å². The average Bonchev–Trinajstić information content (AvgIpc) is 3.07. The average molecular weight is 313 g/mol. The molecule has 0 aromatic heterocycles. The fraction of sp³-hybridized carbons (Fsp3) is 0.467. The summed E-state index contributed by atoms with van der Waals surface area (Å²) in [5.41, 5.74) is 0.268. The first-order valence-electron chi connectivity index (χ1n) is 7.02. The van der Waals surface area contributed by atoms with Gasteiger partial charge in [-0.15, -0.1) is 0 Å². The molecule has 1 aromatic rings. The van der Waals surface area contributed by atoms with E-state index in [1.54, 1.807) is 6.07 Å². The largest absolute Gasteiger partial charge is 0.384 e. The number of halogens is 2. The van der Waals surface area contributed by atoms with Gasteiger partial charge in [0.15, 0.2) is 0 Å². The number of rotatable bonds is 5. The number of hydrogen-bond donors (Lipinski definition) is 1. The summed E-state index contributed by atoms with van der Waals surface area (Å²) in [7, 11) is -4.57. The van der Waals surface area contributed by atoms with Gasteiger partial charge in [0, 0.05) is 6.54 Å². The lowest BCUT2D eigenvalue weighted by Gasteiger charge is -2.20. The highest BCUT2D eigenvalue weighted by atomic mass is 32.2. The molecule has 3 rings (SSSR count). The molecule has 0 saturated heterocycles. The van der Waals surface area contributed by atoms with Crippen LogP contribution in [-0.2, 0) is 9.84 Å². The first kappa shape index (κ1) is 14.5. The van der Waals surface area contributed by atoms with Gasteiger partial charge in [-0.1, -0.05) is 24.3 Å². The lowest BCUT2D eigenvalue weighted by Crippen LogP contribution is -2.20. The zero-order valence-corrected chi connectivity index (χ0v) is 12.2. The van der Waals surface area contributed by atoms with Crippen LogP contribution < -0.4 is 5.32 Å². The van der Waals surface area contributed by atoms with Crippen molar-refractivity contribution in [3.63, 3.8) is 0 Å². The molecule has 3 unspecified atom stereocenters. The molecule has 3 nitrogen and oxygen atoms in total. The van der Waals surface area contributed by atoms with Crippen LogP contribution in [0.3, 0.4) is 0 Å². The third-order valence-electron chi connectivity index (χ3n) is 4.40. The Morgan fingerprint density at radius 2 is 1.95 bits per heavy atom. The van der Waals surface area contributed by atoms with E-state index >= 15 is 0 Å². The van der Waals surface area contributed by atoms with Gasteiger partial charge in [-0.25, -0.2) is 8.42 Å². The number of hydrogen-bond acceptors (Lipinski definition) is 3. The van der Waals surface area contributed by atoms with Gasteiger partial charge >= 0.3 is 5.76 Å². The summed E-state index contributed by atoms with van der Waals surface area (Å²) in [5, 5.41) is 3.05. The van der Waals surface area contributed by atoms with Crippen molar-refractivity contribution in [2.45, 2.75) is 23.5 Å². The van der Waals surface area contributed by atoms with Gasteiger partial charge < -0.3 is 5.32 Å². The van der Waals surface area contributed by atoms with Crippen LogP contribution in [0.4, 0.5) is 14.5 Å². The third-order valence-corrected chi connectivity index (χ3v) is 5.84. The normalized spacial score (nSPS) is 27.5. The standard InChI is InChI=1S/C15H17F2NO2S/c16-15(17)21(19,20)14-4-2-1-3-13(14)18-9-12-8-10-5-6-11(12)7-10/h1-6,10-12,15,18H,7-9H2. The van der Waals surface area contributed by atoms with E-state index in [1.807, 2.05) is 0 Å². The fourth-order valence-electron chi connectivity index (χ4n) is 3.33. The maximum absolute atomic E-state index is 12.7. The molecule has 0 amide bonds. The summed E-state index contributed by atoms with van der Waals surface area (Å²) in [6, 6.07) is 5.87. The maximum Gasteiger partial charge on any atom is 0.341 e. The second-order valence-electron chi connectivity index (χ2n) is 5.72. The molecule has 1 aromatic carbocycles. The molecule has 21 heavy (non-hydrogen) atoms. The minimum absolute atomic E-state index is 0.268. The Bertz CT molecular complexity index is 657. The Labute approximate surface area is 123 Å². The van der Waals surface area contributed by atoms with Crippen LogP contribution in [0.15, 0.2) is 41.3 Å². The summed E-state index contributed by atoms with van der Waals surface area (Å²) in [6.45, 7) is 0.612. The molecular formula is C15H17F2NO2S. The lowest BCUT2D eigenvalue weighted by atomic mass is 9.93. The molecule has 0 aliphatic heterocycles. The maximum atomic E-state index is 12.7. The highest BCUT2D eigenvalue weighted by molar-refractivity contribution is 7.91. The van der Waals surface area contributed by atoms with E-state index in [-0.39, 0.29) is 10.6 Å². The van der Waals surface area contributed by atoms with E-state index in [1.165, 1.54) is 18.2 Å². The first-order chi connectivity index (χ1) is 9.98. The summed E-state index contributed by atoms with van der Waals surface area (Å²) >= 11 is 0. The van der Waals surface area contributed by atoms with Crippen molar-refractivity contribution in [1.29, 1.82) is 0 Å². The van der Waals surface area contributed by atoms with E-state index in [2.05, 4.69) is 17.5 Å². The minimum atomic E-state index is -4.57. The quantitative estimate of drug-likeness (QED) is 0.848. The summed E-state index contributed by atoms with van der Waals surface area (Å²) in [5.74, 6) is -1.80. The van der Waals surface area contributed by atoms with Crippen molar-refractivity contribution in [2.24, 2.45) is 17.8 Å². The van der Waals surface area contributed by atoms with Gasteiger partial charge in [0.05, 0.1) is 10.6 Å². The van der Waals surface area contributed by atoms with E-state index in [4.69, 9.17) is 0 Å². The molecule has 2 aliphatic carbocycles. The lowest BCUT2D eigenvalue weighted by molar-refractivity contribution is 0.235. The van der Waals surface area contributed by atoms with Crippen molar-refractivity contribution < 1.29 is 17.2 Å². The Kier molecular flexibility index (Phi) is 3.73. The molecule has 2 bridgehead atoms. The molecule has 0 heterocycles. The molecule has 114 valence electrons. The third kappa shape index (κ3) is 2.69. The van der Waals surface area contributed by atoms with Crippen LogP contribution >= 0.6 is 0 Å². The molecule has 0 radical (unpaired) electrons. The van der Waals surface area contributed by atoms with Gasteiger partial charge in [0.25, 0.3) is 0 Å². The topological polar surface area (TPSA) is 46.2 Å². The van der Waals surface area contributed by atoms with Crippen molar-refractivity contribution in [3.05, 3.63) is 36.4 Å². The van der Waals surface area contributed by atoms with Crippen LogP contribution in [-0.4, -0.2) is 20.7 Å². The van der Waals surface area contributed by atoms with Crippen LogP contribution in [0, 0.1) is 17.8 Å². The second-order valence-corrected chi connectivity index (χ2v) is 7.61. The van der Waals surface area contributed by atoms with Crippen LogP contribution in [0.5, 0.6) is 0 Å². The highest BCUT2D eigenvalue weighted by Crippen LogP contribution is 2.43. The van der Waals surface area contributed by atoms with Crippen molar-refractivity contribution >= 4 is 15.5 Å². The number of benzene rings is 1.